The minimum atomic E-state index is -0.446. The summed E-state index contributed by atoms with van der Waals surface area (Å²) in [5, 5.41) is 10.8. The van der Waals surface area contributed by atoms with Gasteiger partial charge in [0.25, 0.3) is 0 Å². The van der Waals surface area contributed by atoms with Crippen molar-refractivity contribution in [2.75, 3.05) is 6.54 Å². The molecular weight excluding hydrogens is 396 g/mol. The molecule has 1 atom stereocenters. The van der Waals surface area contributed by atoms with Gasteiger partial charge in [-0.1, -0.05) is 34.6 Å². The predicted octanol–water partition coefficient (Wildman–Crippen LogP) is 3.10. The highest BCUT2D eigenvalue weighted by Crippen LogP contribution is 2.27. The molecule has 0 aliphatic carbocycles. The van der Waals surface area contributed by atoms with Gasteiger partial charge in [0.1, 0.15) is 17.6 Å². The van der Waals surface area contributed by atoms with Gasteiger partial charge in [0, 0.05) is 24.7 Å². The van der Waals surface area contributed by atoms with Crippen LogP contribution in [0.3, 0.4) is 0 Å². The van der Waals surface area contributed by atoms with Crippen molar-refractivity contribution in [3.63, 3.8) is 0 Å². The third-order valence-electron chi connectivity index (χ3n) is 5.62. The number of likely N-dealkylation sites (tertiary alicyclic amines) is 1. The fourth-order valence-electron chi connectivity index (χ4n) is 4.08. The van der Waals surface area contributed by atoms with E-state index in [4.69, 9.17) is 9.05 Å². The fourth-order valence-corrected chi connectivity index (χ4v) is 4.08. The Labute approximate surface area is 180 Å². The minimum absolute atomic E-state index is 0.113. The smallest absolute Gasteiger partial charge is 0.243 e. The van der Waals surface area contributed by atoms with E-state index < -0.39 is 6.04 Å². The van der Waals surface area contributed by atoms with Gasteiger partial charge in [0.2, 0.25) is 11.8 Å². The Morgan fingerprint density at radius 3 is 2.55 bits per heavy atom. The van der Waals surface area contributed by atoms with Crippen LogP contribution in [-0.2, 0) is 22.6 Å². The second-order valence-corrected chi connectivity index (χ2v) is 7.97. The number of nitrogens with one attached hydrogen (secondary N) is 1. The molecule has 2 amide bonds. The maximum absolute atomic E-state index is 12.8. The Hall–Kier alpha value is -3.42. The first-order valence-electron chi connectivity index (χ1n) is 10.4. The molecule has 162 valence electrons. The van der Waals surface area contributed by atoms with Crippen molar-refractivity contribution in [1.29, 1.82) is 0 Å². The molecule has 0 unspecified atom stereocenters. The maximum Gasteiger partial charge on any atom is 0.243 e. The first-order valence-corrected chi connectivity index (χ1v) is 10.4. The normalized spacial score (nSPS) is 16.0. The molecule has 1 saturated heterocycles. The van der Waals surface area contributed by atoms with Crippen molar-refractivity contribution in [1.82, 2.24) is 20.5 Å². The average molecular weight is 422 g/mol. The summed E-state index contributed by atoms with van der Waals surface area (Å²) in [5.41, 5.74) is 4.60. The van der Waals surface area contributed by atoms with Crippen LogP contribution in [0.25, 0.3) is 11.1 Å². The number of hydrogen-bond donors (Lipinski definition) is 1. The molecule has 31 heavy (non-hydrogen) atoms. The van der Waals surface area contributed by atoms with E-state index >= 15 is 0 Å². The number of aryl methyl sites for hydroxylation is 3. The minimum Gasteiger partial charge on any atom is -0.361 e. The molecule has 0 spiro atoms. The van der Waals surface area contributed by atoms with Gasteiger partial charge >= 0.3 is 0 Å². The molecule has 4 rings (SSSR count). The van der Waals surface area contributed by atoms with E-state index in [1.807, 2.05) is 45.0 Å². The summed E-state index contributed by atoms with van der Waals surface area (Å²) in [7, 11) is 0. The first-order chi connectivity index (χ1) is 14.9. The highest BCUT2D eigenvalue weighted by Gasteiger charge is 2.34. The molecule has 8 heteroatoms. The Morgan fingerprint density at radius 2 is 1.90 bits per heavy atom. The molecule has 2 aromatic heterocycles. The van der Waals surface area contributed by atoms with Crippen LogP contribution in [0.5, 0.6) is 0 Å². The average Bonchev–Trinajstić information content (AvgIpc) is 3.47. The Morgan fingerprint density at radius 1 is 1.13 bits per heavy atom. The SMILES string of the molecule is Cc1cc(CC(=O)N2CCC[C@H]2C(=O)NCc2ccc(-c3c(C)noc3C)cc2)on1. The number of hydrogen-bond acceptors (Lipinski definition) is 6. The first kappa shape index (κ1) is 20.8. The third-order valence-corrected chi connectivity index (χ3v) is 5.62. The van der Waals surface area contributed by atoms with Gasteiger partial charge in [0.05, 0.1) is 17.8 Å². The number of amides is 2. The van der Waals surface area contributed by atoms with Gasteiger partial charge in [0.15, 0.2) is 0 Å². The number of rotatable bonds is 6. The molecule has 0 bridgehead atoms. The molecule has 1 N–H and O–H groups in total. The predicted molar refractivity (Wildman–Crippen MR) is 113 cm³/mol. The highest BCUT2D eigenvalue weighted by atomic mass is 16.5. The lowest BCUT2D eigenvalue weighted by atomic mass is 10.0. The molecule has 8 nitrogen and oxygen atoms in total. The zero-order chi connectivity index (χ0) is 22.0. The number of nitrogens with zero attached hydrogens (tertiary/aromatic N) is 3. The van der Waals surface area contributed by atoms with Crippen molar-refractivity contribution >= 4 is 11.8 Å². The quantitative estimate of drug-likeness (QED) is 0.655. The zero-order valence-electron chi connectivity index (χ0n) is 18.0. The van der Waals surface area contributed by atoms with Crippen LogP contribution < -0.4 is 5.32 Å². The largest absolute Gasteiger partial charge is 0.361 e. The maximum atomic E-state index is 12.8. The molecule has 3 aromatic rings. The molecule has 1 aliphatic rings. The van der Waals surface area contributed by atoms with Crippen LogP contribution in [0, 0.1) is 20.8 Å². The monoisotopic (exact) mass is 422 g/mol. The van der Waals surface area contributed by atoms with E-state index in [1.165, 1.54) is 0 Å². The van der Waals surface area contributed by atoms with Crippen molar-refractivity contribution < 1.29 is 18.6 Å². The zero-order valence-corrected chi connectivity index (χ0v) is 18.0. The van der Waals surface area contributed by atoms with E-state index in [9.17, 15) is 9.59 Å². The van der Waals surface area contributed by atoms with Crippen molar-refractivity contribution in [3.8, 4) is 11.1 Å². The van der Waals surface area contributed by atoms with E-state index in [1.54, 1.807) is 11.0 Å². The van der Waals surface area contributed by atoms with Crippen molar-refractivity contribution in [2.24, 2.45) is 0 Å². The van der Waals surface area contributed by atoms with Gasteiger partial charge in [-0.25, -0.2) is 0 Å². The second kappa shape index (κ2) is 8.75. The molecule has 1 aliphatic heterocycles. The Balaban J connectivity index is 1.35. The van der Waals surface area contributed by atoms with E-state index in [0.29, 0.717) is 25.3 Å². The lowest BCUT2D eigenvalue weighted by molar-refractivity contribution is -0.138. The summed E-state index contributed by atoms with van der Waals surface area (Å²) in [5.74, 6) is 1.06. The summed E-state index contributed by atoms with van der Waals surface area (Å²) in [6.07, 6.45) is 1.59. The molecular formula is C23H26N4O4. The van der Waals surface area contributed by atoms with Crippen molar-refractivity contribution in [3.05, 3.63) is 58.8 Å². The van der Waals surface area contributed by atoms with E-state index in [0.717, 1.165) is 40.3 Å². The second-order valence-electron chi connectivity index (χ2n) is 7.97. The van der Waals surface area contributed by atoms with Gasteiger partial charge < -0.3 is 19.3 Å². The lowest BCUT2D eigenvalue weighted by Gasteiger charge is -2.23. The van der Waals surface area contributed by atoms with Gasteiger partial charge in [-0.05, 0) is 44.7 Å². The molecule has 0 saturated carbocycles. The van der Waals surface area contributed by atoms with E-state index in [-0.39, 0.29) is 18.2 Å². The summed E-state index contributed by atoms with van der Waals surface area (Å²) in [4.78, 5) is 27.1. The van der Waals surface area contributed by atoms with Gasteiger partial charge in [-0.15, -0.1) is 0 Å². The van der Waals surface area contributed by atoms with Gasteiger partial charge in [-0.3, -0.25) is 9.59 Å². The highest BCUT2D eigenvalue weighted by molar-refractivity contribution is 5.88. The summed E-state index contributed by atoms with van der Waals surface area (Å²) >= 11 is 0. The van der Waals surface area contributed by atoms with Crippen molar-refractivity contribution in [2.45, 2.75) is 52.6 Å². The van der Waals surface area contributed by atoms with Crippen LogP contribution in [0.15, 0.2) is 39.4 Å². The van der Waals surface area contributed by atoms with Crippen LogP contribution in [0.4, 0.5) is 0 Å². The summed E-state index contributed by atoms with van der Waals surface area (Å²) < 4.78 is 10.4. The Kier molecular flexibility index (Phi) is 5.88. The number of aromatic nitrogens is 2. The number of carbonyl (C=O) groups excluding carboxylic acids is 2. The van der Waals surface area contributed by atoms with Crippen LogP contribution in [0.1, 0.15) is 41.3 Å². The lowest BCUT2D eigenvalue weighted by Crippen LogP contribution is -2.46. The molecule has 0 radical (unpaired) electrons. The fraction of sp³-hybridized carbons (Fsp3) is 0.391. The third kappa shape index (κ3) is 4.52. The van der Waals surface area contributed by atoms with Crippen LogP contribution >= 0.6 is 0 Å². The number of benzene rings is 1. The van der Waals surface area contributed by atoms with Crippen LogP contribution in [-0.4, -0.2) is 39.6 Å². The summed E-state index contributed by atoms with van der Waals surface area (Å²) in [6, 6.07) is 9.25. The molecule has 1 fully saturated rings. The Bertz CT molecular complexity index is 1060. The van der Waals surface area contributed by atoms with Gasteiger partial charge in [-0.2, -0.15) is 0 Å². The van der Waals surface area contributed by atoms with Crippen LogP contribution in [0.2, 0.25) is 0 Å². The molecule has 1 aromatic carbocycles. The molecule has 3 heterocycles. The topological polar surface area (TPSA) is 101 Å². The number of carbonyl (C=O) groups is 2. The standard InChI is InChI=1S/C23H26N4O4/c1-14-11-19(31-25-14)12-21(28)27-10-4-5-20(27)23(29)24-13-17-6-8-18(9-7-17)22-15(2)26-30-16(22)3/h6-9,11,20H,4-5,10,12-13H2,1-3H3,(H,24,29)/t20-/m0/s1. The summed E-state index contributed by atoms with van der Waals surface area (Å²) in [6.45, 7) is 6.60. The van der Waals surface area contributed by atoms with E-state index in [2.05, 4.69) is 15.6 Å².